The van der Waals surface area contributed by atoms with Crippen LogP contribution in [0.25, 0.3) is 0 Å². The van der Waals surface area contributed by atoms with E-state index < -0.39 is 15.8 Å². The molecule has 1 amide bonds. The van der Waals surface area contributed by atoms with E-state index in [-0.39, 0.29) is 36.1 Å². The number of nitrogens with zero attached hydrogens (tertiary/aromatic N) is 3. The Labute approximate surface area is 164 Å². The number of carbonyl (C=O) groups is 2. The van der Waals surface area contributed by atoms with Gasteiger partial charge >= 0.3 is 5.97 Å². The third-order valence-electron chi connectivity index (χ3n) is 5.57. The Bertz CT molecular complexity index is 862. The fourth-order valence-electron chi connectivity index (χ4n) is 4.07. The standard InChI is InChI=1S/C19H25N3O5S/c23-17(22(14-5-6-14)15-7-11-28(25,26)13-15)12-27-19(24)16-4-3-8-20-18(16)21-9-1-2-10-21/h3-4,8,14-15H,1-2,5-7,9-13H2/t15-/m0/s1. The summed E-state index contributed by atoms with van der Waals surface area (Å²) in [6.45, 7) is 1.32. The minimum atomic E-state index is -3.08. The highest BCUT2D eigenvalue weighted by molar-refractivity contribution is 7.91. The molecule has 1 saturated carbocycles. The van der Waals surface area contributed by atoms with Crippen molar-refractivity contribution in [3.8, 4) is 0 Å². The first-order valence-electron chi connectivity index (χ1n) is 9.83. The molecule has 1 atom stereocenters. The van der Waals surface area contributed by atoms with E-state index in [1.807, 2.05) is 0 Å². The van der Waals surface area contributed by atoms with E-state index in [1.54, 1.807) is 23.2 Å². The lowest BCUT2D eigenvalue weighted by atomic mass is 10.2. The number of carbonyl (C=O) groups excluding carboxylic acids is 2. The molecule has 2 aliphatic heterocycles. The summed E-state index contributed by atoms with van der Waals surface area (Å²) in [5.41, 5.74) is 0.360. The number of hydrogen-bond acceptors (Lipinski definition) is 7. The number of rotatable bonds is 6. The lowest BCUT2D eigenvalue weighted by Crippen LogP contribution is -2.44. The SMILES string of the molecule is O=C(OCC(=O)N(C1CC1)[C@H]1CCS(=O)(=O)C1)c1cccnc1N1CCCC1. The molecule has 4 rings (SSSR count). The van der Waals surface area contributed by atoms with Gasteiger partial charge in [-0.05, 0) is 44.2 Å². The Morgan fingerprint density at radius 3 is 2.57 bits per heavy atom. The first kappa shape index (κ1) is 19.2. The van der Waals surface area contributed by atoms with Gasteiger partial charge in [0.05, 0.1) is 11.5 Å². The van der Waals surface area contributed by atoms with Crippen molar-refractivity contribution >= 4 is 27.5 Å². The molecule has 3 heterocycles. The minimum absolute atomic E-state index is 0.00486. The average Bonchev–Trinajstić information content (AvgIpc) is 3.22. The third-order valence-corrected chi connectivity index (χ3v) is 7.32. The highest BCUT2D eigenvalue weighted by atomic mass is 32.2. The van der Waals surface area contributed by atoms with Crippen LogP contribution in [0.5, 0.6) is 0 Å². The lowest BCUT2D eigenvalue weighted by Gasteiger charge is -2.28. The van der Waals surface area contributed by atoms with Gasteiger partial charge in [0.15, 0.2) is 16.4 Å². The van der Waals surface area contributed by atoms with Gasteiger partial charge in [0.1, 0.15) is 11.4 Å². The van der Waals surface area contributed by atoms with Crippen LogP contribution >= 0.6 is 0 Å². The second-order valence-electron chi connectivity index (χ2n) is 7.73. The second-order valence-corrected chi connectivity index (χ2v) is 9.96. The molecule has 0 bridgehead atoms. The summed E-state index contributed by atoms with van der Waals surface area (Å²) >= 11 is 0. The molecule has 3 fully saturated rings. The maximum atomic E-state index is 12.7. The highest BCUT2D eigenvalue weighted by Crippen LogP contribution is 2.32. The molecule has 9 heteroatoms. The molecule has 28 heavy (non-hydrogen) atoms. The number of anilines is 1. The van der Waals surface area contributed by atoms with Crippen molar-refractivity contribution in [3.05, 3.63) is 23.9 Å². The summed E-state index contributed by atoms with van der Waals surface area (Å²) in [5.74, 6) is -0.172. The minimum Gasteiger partial charge on any atom is -0.452 e. The molecule has 152 valence electrons. The van der Waals surface area contributed by atoms with Gasteiger partial charge in [0.2, 0.25) is 0 Å². The summed E-state index contributed by atoms with van der Waals surface area (Å²) in [6.07, 6.45) is 5.97. The molecular weight excluding hydrogens is 382 g/mol. The van der Waals surface area contributed by atoms with Gasteiger partial charge < -0.3 is 14.5 Å². The lowest BCUT2D eigenvalue weighted by molar-refractivity contribution is -0.137. The van der Waals surface area contributed by atoms with Crippen LogP contribution in [0.15, 0.2) is 18.3 Å². The zero-order chi connectivity index (χ0) is 19.7. The Balaban J connectivity index is 1.41. The van der Waals surface area contributed by atoms with Gasteiger partial charge in [-0.1, -0.05) is 0 Å². The number of sulfone groups is 1. The van der Waals surface area contributed by atoms with Crippen LogP contribution in [0, 0.1) is 0 Å². The fourth-order valence-corrected chi connectivity index (χ4v) is 5.78. The van der Waals surface area contributed by atoms with E-state index in [4.69, 9.17) is 4.74 Å². The average molecular weight is 407 g/mol. The molecule has 1 aromatic heterocycles. The van der Waals surface area contributed by atoms with Crippen molar-refractivity contribution in [1.29, 1.82) is 0 Å². The van der Waals surface area contributed by atoms with Crippen LogP contribution in [0.2, 0.25) is 0 Å². The largest absolute Gasteiger partial charge is 0.452 e. The van der Waals surface area contributed by atoms with Crippen LogP contribution in [0.3, 0.4) is 0 Å². The molecule has 0 aromatic carbocycles. The first-order chi connectivity index (χ1) is 13.4. The summed E-state index contributed by atoms with van der Waals surface area (Å²) in [4.78, 5) is 33.4. The maximum Gasteiger partial charge on any atom is 0.342 e. The van der Waals surface area contributed by atoms with Gasteiger partial charge in [-0.2, -0.15) is 0 Å². The van der Waals surface area contributed by atoms with Crippen LogP contribution in [0.4, 0.5) is 5.82 Å². The molecule has 8 nitrogen and oxygen atoms in total. The number of aromatic nitrogens is 1. The van der Waals surface area contributed by atoms with Crippen molar-refractivity contribution in [2.24, 2.45) is 0 Å². The first-order valence-corrected chi connectivity index (χ1v) is 11.7. The highest BCUT2D eigenvalue weighted by Gasteiger charge is 2.42. The quantitative estimate of drug-likeness (QED) is 0.650. The van der Waals surface area contributed by atoms with E-state index in [1.165, 1.54) is 0 Å². The zero-order valence-corrected chi connectivity index (χ0v) is 16.6. The number of pyridine rings is 1. The summed E-state index contributed by atoms with van der Waals surface area (Å²) in [6, 6.07) is 3.11. The van der Waals surface area contributed by atoms with Gasteiger partial charge in [0, 0.05) is 31.4 Å². The molecule has 0 spiro atoms. The van der Waals surface area contributed by atoms with E-state index in [9.17, 15) is 18.0 Å². The van der Waals surface area contributed by atoms with Crippen molar-refractivity contribution in [2.75, 3.05) is 36.1 Å². The van der Waals surface area contributed by atoms with Crippen LogP contribution in [-0.2, 0) is 19.4 Å². The number of esters is 1. The molecule has 1 aromatic rings. The van der Waals surface area contributed by atoms with E-state index in [2.05, 4.69) is 9.88 Å². The molecule has 3 aliphatic rings. The van der Waals surface area contributed by atoms with Gasteiger partial charge in [0.25, 0.3) is 5.91 Å². The molecular formula is C19H25N3O5S. The van der Waals surface area contributed by atoms with E-state index in [0.717, 1.165) is 38.8 Å². The summed E-state index contributed by atoms with van der Waals surface area (Å²) in [5, 5.41) is 0. The van der Waals surface area contributed by atoms with E-state index in [0.29, 0.717) is 17.8 Å². The fraction of sp³-hybridized carbons (Fsp3) is 0.632. The van der Waals surface area contributed by atoms with Crippen molar-refractivity contribution in [2.45, 2.75) is 44.2 Å². The Morgan fingerprint density at radius 2 is 1.93 bits per heavy atom. The monoisotopic (exact) mass is 407 g/mol. The molecule has 2 saturated heterocycles. The third kappa shape index (κ3) is 4.14. The topological polar surface area (TPSA) is 96.9 Å². The summed E-state index contributed by atoms with van der Waals surface area (Å²) < 4.78 is 28.9. The van der Waals surface area contributed by atoms with Crippen LogP contribution in [0.1, 0.15) is 42.5 Å². The number of amides is 1. The molecule has 0 radical (unpaired) electrons. The normalized spacial score (nSPS) is 23.6. The van der Waals surface area contributed by atoms with Gasteiger partial charge in [-0.3, -0.25) is 4.79 Å². The predicted octanol–water partition coefficient (Wildman–Crippen LogP) is 1.02. The van der Waals surface area contributed by atoms with Crippen LogP contribution in [-0.4, -0.2) is 73.5 Å². The summed E-state index contributed by atoms with van der Waals surface area (Å²) in [7, 11) is -3.08. The van der Waals surface area contributed by atoms with Crippen LogP contribution < -0.4 is 4.90 Å². The smallest absolute Gasteiger partial charge is 0.342 e. The Morgan fingerprint density at radius 1 is 1.18 bits per heavy atom. The molecule has 1 aliphatic carbocycles. The Hall–Kier alpha value is -2.16. The second kappa shape index (κ2) is 7.69. The van der Waals surface area contributed by atoms with Crippen molar-refractivity contribution in [1.82, 2.24) is 9.88 Å². The van der Waals surface area contributed by atoms with Gasteiger partial charge in [-0.25, -0.2) is 18.2 Å². The van der Waals surface area contributed by atoms with Crippen molar-refractivity contribution in [3.63, 3.8) is 0 Å². The number of ether oxygens (including phenoxy) is 1. The predicted molar refractivity (Wildman–Crippen MR) is 103 cm³/mol. The number of hydrogen-bond donors (Lipinski definition) is 0. The van der Waals surface area contributed by atoms with Crippen molar-refractivity contribution < 1.29 is 22.7 Å². The maximum absolute atomic E-state index is 12.7. The van der Waals surface area contributed by atoms with E-state index >= 15 is 0 Å². The Kier molecular flexibility index (Phi) is 5.27. The zero-order valence-electron chi connectivity index (χ0n) is 15.7. The molecule has 0 unspecified atom stereocenters. The molecule has 0 N–H and O–H groups in total. The van der Waals surface area contributed by atoms with Gasteiger partial charge in [-0.15, -0.1) is 0 Å².